The third-order valence-corrected chi connectivity index (χ3v) is 3.82. The molecule has 0 bridgehead atoms. The molecule has 0 unspecified atom stereocenters. The lowest BCUT2D eigenvalue weighted by molar-refractivity contribution is 0.102. The van der Waals surface area contributed by atoms with Crippen LogP contribution < -0.4 is 5.32 Å². The molecule has 0 aliphatic rings. The lowest BCUT2D eigenvalue weighted by Gasteiger charge is -2.14. The highest BCUT2D eigenvalue weighted by Gasteiger charge is 2.11. The molecule has 2 aromatic carbocycles. The van der Waals surface area contributed by atoms with Crippen molar-refractivity contribution in [3.63, 3.8) is 0 Å². The van der Waals surface area contributed by atoms with Crippen molar-refractivity contribution in [2.45, 2.75) is 20.0 Å². The summed E-state index contributed by atoms with van der Waals surface area (Å²) in [4.78, 5) is 14.2. The van der Waals surface area contributed by atoms with Gasteiger partial charge >= 0.3 is 0 Å². The number of aromatic nitrogens is 2. The molecule has 0 saturated carbocycles. The molecule has 8 heteroatoms. The minimum atomic E-state index is -0.821. The molecule has 1 amide bonds. The molecule has 1 heterocycles. The first kappa shape index (κ1) is 18.7. The summed E-state index contributed by atoms with van der Waals surface area (Å²) in [7, 11) is 1.91. The molecule has 0 radical (unpaired) electrons. The predicted octanol–water partition coefficient (Wildman–Crippen LogP) is 3.54. The van der Waals surface area contributed by atoms with E-state index in [9.17, 15) is 13.6 Å². The lowest BCUT2D eigenvalue weighted by atomic mass is 10.1. The van der Waals surface area contributed by atoms with Crippen molar-refractivity contribution in [1.29, 1.82) is 0 Å². The van der Waals surface area contributed by atoms with Gasteiger partial charge in [0.25, 0.3) is 5.91 Å². The highest BCUT2D eigenvalue weighted by Crippen LogP contribution is 2.17. The van der Waals surface area contributed by atoms with E-state index in [1.54, 1.807) is 19.1 Å². The van der Waals surface area contributed by atoms with Crippen molar-refractivity contribution in [3.8, 4) is 0 Å². The molecule has 3 aromatic rings. The van der Waals surface area contributed by atoms with Crippen LogP contribution in [0.15, 0.2) is 46.9 Å². The summed E-state index contributed by atoms with van der Waals surface area (Å²) in [5.41, 5.74) is 1.29. The Morgan fingerprint density at radius 3 is 2.48 bits per heavy atom. The topological polar surface area (TPSA) is 71.3 Å². The number of nitrogens with one attached hydrogen (secondary N) is 1. The Morgan fingerprint density at radius 2 is 1.85 bits per heavy atom. The van der Waals surface area contributed by atoms with Crippen LogP contribution in [0.5, 0.6) is 0 Å². The van der Waals surface area contributed by atoms with Gasteiger partial charge in [0.2, 0.25) is 11.8 Å². The molecule has 0 spiro atoms. The summed E-state index contributed by atoms with van der Waals surface area (Å²) in [6.07, 6.45) is 0. The number of benzene rings is 2. The van der Waals surface area contributed by atoms with E-state index in [1.807, 2.05) is 24.1 Å². The molecule has 0 saturated heterocycles. The Kier molecular flexibility index (Phi) is 5.56. The van der Waals surface area contributed by atoms with Crippen LogP contribution in [0.25, 0.3) is 0 Å². The molecule has 27 heavy (non-hydrogen) atoms. The largest absolute Gasteiger partial charge is 0.424 e. The SMILES string of the molecule is Cc1nnc(CN(C)Cc2ccc(C(=O)Nc3ccc(F)cc3F)cc2)o1. The van der Waals surface area contributed by atoms with Gasteiger partial charge in [0.05, 0.1) is 12.2 Å². The highest BCUT2D eigenvalue weighted by molar-refractivity contribution is 6.04. The van der Waals surface area contributed by atoms with E-state index in [0.29, 0.717) is 30.4 Å². The third kappa shape index (κ3) is 4.95. The minimum Gasteiger partial charge on any atom is -0.424 e. The zero-order valence-corrected chi connectivity index (χ0v) is 14.9. The number of amides is 1. The van der Waals surface area contributed by atoms with Gasteiger partial charge in [0.1, 0.15) is 11.6 Å². The first-order valence-corrected chi connectivity index (χ1v) is 8.23. The van der Waals surface area contributed by atoms with Gasteiger partial charge in [0.15, 0.2) is 0 Å². The van der Waals surface area contributed by atoms with Crippen LogP contribution in [0.2, 0.25) is 0 Å². The maximum Gasteiger partial charge on any atom is 0.255 e. The maximum absolute atomic E-state index is 13.6. The number of carbonyl (C=O) groups is 1. The predicted molar refractivity (Wildman–Crippen MR) is 95.0 cm³/mol. The number of anilines is 1. The van der Waals surface area contributed by atoms with Gasteiger partial charge in [-0.3, -0.25) is 9.69 Å². The fourth-order valence-corrected chi connectivity index (χ4v) is 2.55. The fourth-order valence-electron chi connectivity index (χ4n) is 2.55. The van der Waals surface area contributed by atoms with Crippen LogP contribution in [0.1, 0.15) is 27.7 Å². The van der Waals surface area contributed by atoms with E-state index < -0.39 is 17.5 Å². The Bertz CT molecular complexity index is 941. The average molecular weight is 372 g/mol. The van der Waals surface area contributed by atoms with E-state index >= 15 is 0 Å². The second-order valence-corrected chi connectivity index (χ2v) is 6.16. The second-order valence-electron chi connectivity index (χ2n) is 6.16. The Hall–Kier alpha value is -3.13. The van der Waals surface area contributed by atoms with Gasteiger partial charge in [-0.25, -0.2) is 8.78 Å². The molecule has 1 N–H and O–H groups in total. The number of carbonyl (C=O) groups excluding carboxylic acids is 1. The molecule has 1 aromatic heterocycles. The van der Waals surface area contributed by atoms with Gasteiger partial charge < -0.3 is 9.73 Å². The van der Waals surface area contributed by atoms with Gasteiger partial charge in [-0.15, -0.1) is 10.2 Å². The number of halogens is 2. The maximum atomic E-state index is 13.6. The minimum absolute atomic E-state index is 0.0694. The quantitative estimate of drug-likeness (QED) is 0.717. The first-order valence-electron chi connectivity index (χ1n) is 8.23. The van der Waals surface area contributed by atoms with Crippen LogP contribution in [-0.2, 0) is 13.1 Å². The van der Waals surface area contributed by atoms with Crippen LogP contribution >= 0.6 is 0 Å². The van der Waals surface area contributed by atoms with Crippen molar-refractivity contribution in [2.24, 2.45) is 0 Å². The molecule has 6 nitrogen and oxygen atoms in total. The lowest BCUT2D eigenvalue weighted by Crippen LogP contribution is -2.18. The average Bonchev–Trinajstić information content (AvgIpc) is 3.02. The van der Waals surface area contributed by atoms with Crippen LogP contribution in [0.4, 0.5) is 14.5 Å². The zero-order chi connectivity index (χ0) is 19.4. The Balaban J connectivity index is 1.59. The smallest absolute Gasteiger partial charge is 0.255 e. The number of hydrogen-bond acceptors (Lipinski definition) is 5. The van der Waals surface area contributed by atoms with Crippen LogP contribution in [0, 0.1) is 18.6 Å². The van der Waals surface area contributed by atoms with Crippen molar-refractivity contribution in [1.82, 2.24) is 15.1 Å². The monoisotopic (exact) mass is 372 g/mol. The van der Waals surface area contributed by atoms with E-state index in [2.05, 4.69) is 15.5 Å². The highest BCUT2D eigenvalue weighted by atomic mass is 19.1. The first-order chi connectivity index (χ1) is 12.9. The van der Waals surface area contributed by atoms with E-state index in [0.717, 1.165) is 17.7 Å². The number of rotatable bonds is 6. The van der Waals surface area contributed by atoms with Crippen molar-refractivity contribution < 1.29 is 18.0 Å². The van der Waals surface area contributed by atoms with E-state index in [4.69, 9.17) is 4.42 Å². The van der Waals surface area contributed by atoms with Crippen LogP contribution in [0.3, 0.4) is 0 Å². The van der Waals surface area contributed by atoms with Gasteiger partial charge in [0, 0.05) is 25.1 Å². The molecule has 0 fully saturated rings. The molecule has 0 aliphatic heterocycles. The zero-order valence-electron chi connectivity index (χ0n) is 14.9. The number of aryl methyl sites for hydroxylation is 1. The Morgan fingerprint density at radius 1 is 1.11 bits per heavy atom. The number of hydrogen-bond donors (Lipinski definition) is 1. The van der Waals surface area contributed by atoms with Crippen molar-refractivity contribution in [2.75, 3.05) is 12.4 Å². The molecule has 0 atom stereocenters. The van der Waals surface area contributed by atoms with Crippen molar-refractivity contribution in [3.05, 3.63) is 77.0 Å². The molecule has 0 aliphatic carbocycles. The van der Waals surface area contributed by atoms with Gasteiger partial charge in [-0.05, 0) is 36.9 Å². The summed E-state index contributed by atoms with van der Waals surface area (Å²) >= 11 is 0. The summed E-state index contributed by atoms with van der Waals surface area (Å²) in [5.74, 6) is -0.937. The van der Waals surface area contributed by atoms with Gasteiger partial charge in [-0.2, -0.15) is 0 Å². The number of nitrogens with zero attached hydrogens (tertiary/aromatic N) is 3. The molecular weight excluding hydrogens is 354 g/mol. The molecular formula is C19H18F2N4O2. The standard InChI is InChI=1S/C19H18F2N4O2/c1-12-23-24-18(27-12)11-25(2)10-13-3-5-14(6-4-13)19(26)22-17-8-7-15(20)9-16(17)21/h3-9H,10-11H2,1-2H3,(H,22,26). The molecule has 3 rings (SSSR count). The summed E-state index contributed by atoms with van der Waals surface area (Å²) in [6, 6.07) is 9.91. The summed E-state index contributed by atoms with van der Waals surface area (Å²) in [5, 5.41) is 10.2. The fraction of sp³-hybridized carbons (Fsp3) is 0.211. The third-order valence-electron chi connectivity index (χ3n) is 3.82. The summed E-state index contributed by atoms with van der Waals surface area (Å²) < 4.78 is 31.9. The van der Waals surface area contributed by atoms with E-state index in [-0.39, 0.29) is 5.69 Å². The second kappa shape index (κ2) is 8.05. The normalized spacial score (nSPS) is 11.0. The van der Waals surface area contributed by atoms with Gasteiger partial charge in [-0.1, -0.05) is 12.1 Å². The van der Waals surface area contributed by atoms with Crippen molar-refractivity contribution >= 4 is 11.6 Å². The van der Waals surface area contributed by atoms with E-state index in [1.165, 1.54) is 6.07 Å². The Labute approximate surface area is 154 Å². The van der Waals surface area contributed by atoms with Crippen LogP contribution in [-0.4, -0.2) is 28.1 Å². The summed E-state index contributed by atoms with van der Waals surface area (Å²) in [6.45, 7) is 2.86. The molecule has 140 valence electrons.